The summed E-state index contributed by atoms with van der Waals surface area (Å²) in [5, 5.41) is 5.72. The molecule has 0 spiro atoms. The molecule has 7 nitrogen and oxygen atoms in total. The molecule has 0 aliphatic carbocycles. The highest BCUT2D eigenvalue weighted by molar-refractivity contribution is 7.89. The molecule has 0 unspecified atom stereocenters. The van der Waals surface area contributed by atoms with E-state index in [0.29, 0.717) is 53.8 Å². The molecule has 4 aromatic rings. The average molecular weight is 475 g/mol. The maximum Gasteiger partial charge on any atom is 0.274 e. The van der Waals surface area contributed by atoms with Crippen LogP contribution in [0, 0.1) is 6.92 Å². The summed E-state index contributed by atoms with van der Waals surface area (Å²) in [6.45, 7) is 3.91. The molecular weight excluding hydrogens is 448 g/mol. The van der Waals surface area contributed by atoms with Crippen molar-refractivity contribution in [1.29, 1.82) is 0 Å². The molecule has 1 saturated heterocycles. The maximum atomic E-state index is 13.7. The first-order chi connectivity index (χ1) is 16.4. The molecule has 0 atom stereocenters. The number of fused-ring (bicyclic) bond motifs is 1. The van der Waals surface area contributed by atoms with E-state index in [0.717, 1.165) is 5.69 Å². The summed E-state index contributed by atoms with van der Waals surface area (Å²) in [5.74, 6) is 0. The highest BCUT2D eigenvalue weighted by atomic mass is 32.2. The summed E-state index contributed by atoms with van der Waals surface area (Å²) in [6.07, 6.45) is 0. The van der Waals surface area contributed by atoms with E-state index < -0.39 is 10.0 Å². The van der Waals surface area contributed by atoms with Crippen LogP contribution < -0.4 is 10.5 Å². The Morgan fingerprint density at radius 3 is 2.18 bits per heavy atom. The van der Waals surface area contributed by atoms with Crippen molar-refractivity contribution in [2.24, 2.45) is 7.05 Å². The van der Waals surface area contributed by atoms with E-state index in [1.807, 2.05) is 67.6 Å². The summed E-state index contributed by atoms with van der Waals surface area (Å²) >= 11 is 0. The number of nitrogens with zero attached hydrogens (tertiary/aromatic N) is 4. The van der Waals surface area contributed by atoms with Gasteiger partial charge in [0.2, 0.25) is 10.0 Å². The number of rotatable bonds is 4. The van der Waals surface area contributed by atoms with Gasteiger partial charge in [-0.3, -0.25) is 4.79 Å². The first-order valence-electron chi connectivity index (χ1n) is 11.2. The number of sulfonamides is 1. The van der Waals surface area contributed by atoms with Crippen molar-refractivity contribution in [3.8, 4) is 11.3 Å². The Morgan fingerprint density at radius 1 is 0.824 bits per heavy atom. The van der Waals surface area contributed by atoms with E-state index in [1.165, 1.54) is 4.68 Å². The Kier molecular flexibility index (Phi) is 5.71. The fraction of sp³-hybridized carbons (Fsp3) is 0.231. The summed E-state index contributed by atoms with van der Waals surface area (Å²) in [5.41, 5.74) is 2.85. The molecule has 0 amide bonds. The zero-order valence-corrected chi connectivity index (χ0v) is 20.0. The van der Waals surface area contributed by atoms with Crippen LogP contribution in [-0.4, -0.2) is 48.7 Å². The molecule has 1 aliphatic rings. The lowest BCUT2D eigenvalue weighted by molar-refractivity contribution is 0.384. The summed E-state index contributed by atoms with van der Waals surface area (Å²) in [7, 11) is -2.08. The van der Waals surface area contributed by atoms with Crippen molar-refractivity contribution in [1.82, 2.24) is 14.1 Å². The standard InChI is InChI=1S/C26H26N4O3S/c1-19-12-13-20(25-22-10-6-7-11-23(22)26(31)28(2)27-25)18-24(19)34(32,33)30-16-14-29(15-17-30)21-8-4-3-5-9-21/h3-13,18H,14-17H2,1-2H3. The van der Waals surface area contributed by atoms with E-state index >= 15 is 0 Å². The van der Waals surface area contributed by atoms with Gasteiger partial charge in [0.05, 0.1) is 16.0 Å². The van der Waals surface area contributed by atoms with Gasteiger partial charge in [0.25, 0.3) is 5.56 Å². The summed E-state index contributed by atoms with van der Waals surface area (Å²) in [6, 6.07) is 22.7. The van der Waals surface area contributed by atoms with Crippen LogP contribution in [0.4, 0.5) is 5.69 Å². The van der Waals surface area contributed by atoms with Crippen molar-refractivity contribution >= 4 is 26.5 Å². The zero-order chi connectivity index (χ0) is 23.9. The Labute approximate surface area is 198 Å². The third-order valence-electron chi connectivity index (χ3n) is 6.40. The number of piperazine rings is 1. The van der Waals surface area contributed by atoms with E-state index in [1.54, 1.807) is 23.5 Å². The minimum absolute atomic E-state index is 0.185. The van der Waals surface area contributed by atoms with E-state index in [2.05, 4.69) is 10.00 Å². The van der Waals surface area contributed by atoms with Crippen LogP contribution in [0.15, 0.2) is 82.5 Å². The first-order valence-corrected chi connectivity index (χ1v) is 12.7. The molecule has 2 heterocycles. The topological polar surface area (TPSA) is 75.5 Å². The lowest BCUT2D eigenvalue weighted by Crippen LogP contribution is -2.48. The number of anilines is 1. The predicted molar refractivity (Wildman–Crippen MR) is 135 cm³/mol. The monoisotopic (exact) mass is 474 g/mol. The molecule has 1 aromatic heterocycles. The number of hydrogen-bond acceptors (Lipinski definition) is 5. The summed E-state index contributed by atoms with van der Waals surface area (Å²) < 4.78 is 30.2. The van der Waals surface area contributed by atoms with Crippen LogP contribution in [0.5, 0.6) is 0 Å². The van der Waals surface area contributed by atoms with Gasteiger partial charge in [-0.05, 0) is 36.8 Å². The number of para-hydroxylation sites is 1. The highest BCUT2D eigenvalue weighted by Crippen LogP contribution is 2.30. The second-order valence-electron chi connectivity index (χ2n) is 8.53. The third kappa shape index (κ3) is 3.89. The molecule has 0 N–H and O–H groups in total. The highest BCUT2D eigenvalue weighted by Gasteiger charge is 2.30. The molecule has 1 fully saturated rings. The molecule has 174 valence electrons. The van der Waals surface area contributed by atoms with E-state index in [4.69, 9.17) is 0 Å². The zero-order valence-electron chi connectivity index (χ0n) is 19.2. The number of benzene rings is 3. The van der Waals surface area contributed by atoms with Gasteiger partial charge >= 0.3 is 0 Å². The van der Waals surface area contributed by atoms with Crippen molar-refractivity contribution in [3.05, 3.63) is 88.7 Å². The number of aryl methyl sites for hydroxylation is 2. The van der Waals surface area contributed by atoms with Crippen LogP contribution in [-0.2, 0) is 17.1 Å². The number of aromatic nitrogens is 2. The van der Waals surface area contributed by atoms with E-state index in [9.17, 15) is 13.2 Å². The van der Waals surface area contributed by atoms with Gasteiger partial charge in [-0.15, -0.1) is 0 Å². The molecule has 0 radical (unpaired) electrons. The van der Waals surface area contributed by atoms with Gasteiger partial charge in [-0.25, -0.2) is 13.1 Å². The molecule has 34 heavy (non-hydrogen) atoms. The summed E-state index contributed by atoms with van der Waals surface area (Å²) in [4.78, 5) is 15.0. The number of hydrogen-bond donors (Lipinski definition) is 0. The van der Waals surface area contributed by atoms with Crippen molar-refractivity contribution < 1.29 is 8.42 Å². The second-order valence-corrected chi connectivity index (χ2v) is 10.4. The molecular formula is C26H26N4O3S. The Bertz CT molecular complexity index is 1520. The molecule has 8 heteroatoms. The molecule has 1 aliphatic heterocycles. The molecule has 0 saturated carbocycles. The van der Waals surface area contributed by atoms with Crippen LogP contribution in [0.25, 0.3) is 22.0 Å². The van der Waals surface area contributed by atoms with Crippen LogP contribution in [0.3, 0.4) is 0 Å². The van der Waals surface area contributed by atoms with Gasteiger partial charge in [0.15, 0.2) is 0 Å². The Balaban J connectivity index is 1.50. The first kappa shape index (κ1) is 22.3. The van der Waals surface area contributed by atoms with Crippen LogP contribution in [0.1, 0.15) is 5.56 Å². The Morgan fingerprint density at radius 2 is 1.47 bits per heavy atom. The molecule has 3 aromatic carbocycles. The Hall–Kier alpha value is -3.49. The van der Waals surface area contributed by atoms with Crippen molar-refractivity contribution in [2.45, 2.75) is 11.8 Å². The van der Waals surface area contributed by atoms with Crippen molar-refractivity contribution in [3.63, 3.8) is 0 Å². The van der Waals surface area contributed by atoms with Gasteiger partial charge in [-0.1, -0.05) is 48.5 Å². The van der Waals surface area contributed by atoms with Crippen molar-refractivity contribution in [2.75, 3.05) is 31.1 Å². The lowest BCUT2D eigenvalue weighted by atomic mass is 10.0. The fourth-order valence-corrected chi connectivity index (χ4v) is 6.18. The third-order valence-corrected chi connectivity index (χ3v) is 8.44. The van der Waals surface area contributed by atoms with Crippen LogP contribution in [0.2, 0.25) is 0 Å². The molecule has 5 rings (SSSR count). The SMILES string of the molecule is Cc1ccc(-c2nn(C)c(=O)c3ccccc23)cc1S(=O)(=O)N1CCN(c2ccccc2)CC1. The second kappa shape index (κ2) is 8.70. The van der Waals surface area contributed by atoms with E-state index in [-0.39, 0.29) is 10.5 Å². The maximum absolute atomic E-state index is 13.7. The van der Waals surface area contributed by atoms with Gasteiger partial charge < -0.3 is 4.90 Å². The largest absolute Gasteiger partial charge is 0.369 e. The van der Waals surface area contributed by atoms with Crippen LogP contribution >= 0.6 is 0 Å². The van der Waals surface area contributed by atoms with Gasteiger partial charge in [0, 0.05) is 49.9 Å². The normalized spacial score (nSPS) is 15.1. The fourth-order valence-electron chi connectivity index (χ4n) is 4.50. The lowest BCUT2D eigenvalue weighted by Gasteiger charge is -2.35. The quantitative estimate of drug-likeness (QED) is 0.453. The minimum atomic E-state index is -3.69. The minimum Gasteiger partial charge on any atom is -0.369 e. The van der Waals surface area contributed by atoms with Gasteiger partial charge in [0.1, 0.15) is 0 Å². The molecule has 0 bridgehead atoms. The van der Waals surface area contributed by atoms with Gasteiger partial charge in [-0.2, -0.15) is 9.40 Å². The predicted octanol–water partition coefficient (Wildman–Crippen LogP) is 3.42. The average Bonchev–Trinajstić information content (AvgIpc) is 2.87. The smallest absolute Gasteiger partial charge is 0.274 e.